The van der Waals surface area contributed by atoms with Crippen LogP contribution in [0.1, 0.15) is 44.0 Å². The number of amides is 2. The molecule has 166 valence electrons. The van der Waals surface area contributed by atoms with Crippen molar-refractivity contribution in [3.63, 3.8) is 0 Å². The SMILES string of the molecule is CC(C)(C)NC(=O)c1ccc(NCC(=O)Nc2ccc(OCC3CCCO3)cc2)cc1. The minimum atomic E-state index is -0.291. The van der Waals surface area contributed by atoms with Crippen LogP contribution >= 0.6 is 0 Å². The molecule has 2 aromatic carbocycles. The molecule has 1 fully saturated rings. The minimum Gasteiger partial charge on any atom is -0.491 e. The Hall–Kier alpha value is -3.06. The van der Waals surface area contributed by atoms with Gasteiger partial charge in [0.25, 0.3) is 5.91 Å². The van der Waals surface area contributed by atoms with Gasteiger partial charge in [0, 0.05) is 29.1 Å². The number of rotatable bonds is 8. The lowest BCUT2D eigenvalue weighted by Crippen LogP contribution is -2.40. The van der Waals surface area contributed by atoms with Crippen LogP contribution in [-0.2, 0) is 9.53 Å². The second-order valence-corrected chi connectivity index (χ2v) is 8.65. The number of nitrogens with one attached hydrogen (secondary N) is 3. The monoisotopic (exact) mass is 425 g/mol. The van der Waals surface area contributed by atoms with Gasteiger partial charge in [-0.05, 0) is 82.1 Å². The number of hydrogen-bond acceptors (Lipinski definition) is 5. The van der Waals surface area contributed by atoms with Crippen molar-refractivity contribution in [1.82, 2.24) is 5.32 Å². The van der Waals surface area contributed by atoms with Crippen molar-refractivity contribution in [3.8, 4) is 5.75 Å². The Labute approximate surface area is 183 Å². The second-order valence-electron chi connectivity index (χ2n) is 8.65. The van der Waals surface area contributed by atoms with E-state index < -0.39 is 0 Å². The highest BCUT2D eigenvalue weighted by molar-refractivity contribution is 5.95. The summed E-state index contributed by atoms with van der Waals surface area (Å²) in [4.78, 5) is 24.4. The number of ether oxygens (including phenoxy) is 2. The third kappa shape index (κ3) is 7.61. The summed E-state index contributed by atoms with van der Waals surface area (Å²) in [5.74, 6) is 0.463. The molecule has 1 aliphatic rings. The van der Waals surface area contributed by atoms with E-state index in [1.165, 1.54) is 0 Å². The fourth-order valence-corrected chi connectivity index (χ4v) is 3.14. The zero-order valence-electron chi connectivity index (χ0n) is 18.4. The van der Waals surface area contributed by atoms with Gasteiger partial charge in [0.1, 0.15) is 12.4 Å². The number of hydrogen-bond donors (Lipinski definition) is 3. The van der Waals surface area contributed by atoms with Gasteiger partial charge >= 0.3 is 0 Å². The summed E-state index contributed by atoms with van der Waals surface area (Å²) in [7, 11) is 0. The van der Waals surface area contributed by atoms with Crippen LogP contribution in [0.2, 0.25) is 0 Å². The normalized spacial score (nSPS) is 15.9. The summed E-state index contributed by atoms with van der Waals surface area (Å²) >= 11 is 0. The molecule has 0 aromatic heterocycles. The van der Waals surface area contributed by atoms with Crippen molar-refractivity contribution in [2.45, 2.75) is 45.3 Å². The summed E-state index contributed by atoms with van der Waals surface area (Å²) in [6, 6.07) is 14.3. The van der Waals surface area contributed by atoms with Crippen LogP contribution < -0.4 is 20.7 Å². The maximum Gasteiger partial charge on any atom is 0.251 e. The van der Waals surface area contributed by atoms with Crippen LogP contribution in [0.3, 0.4) is 0 Å². The molecule has 2 amide bonds. The lowest BCUT2D eigenvalue weighted by atomic mass is 10.1. The predicted octanol–water partition coefficient (Wildman–Crippen LogP) is 3.82. The smallest absolute Gasteiger partial charge is 0.251 e. The van der Waals surface area contributed by atoms with Gasteiger partial charge in [0.2, 0.25) is 5.91 Å². The van der Waals surface area contributed by atoms with Crippen molar-refractivity contribution in [2.75, 3.05) is 30.4 Å². The van der Waals surface area contributed by atoms with E-state index in [0.717, 1.165) is 30.9 Å². The van der Waals surface area contributed by atoms with Gasteiger partial charge in [-0.25, -0.2) is 0 Å². The van der Waals surface area contributed by atoms with Crippen molar-refractivity contribution < 1.29 is 19.1 Å². The molecule has 0 radical (unpaired) electrons. The van der Waals surface area contributed by atoms with Crippen LogP contribution in [0.4, 0.5) is 11.4 Å². The van der Waals surface area contributed by atoms with E-state index in [1.807, 2.05) is 45.0 Å². The molecule has 3 N–H and O–H groups in total. The summed E-state index contributed by atoms with van der Waals surface area (Å²) < 4.78 is 11.3. The van der Waals surface area contributed by atoms with E-state index in [4.69, 9.17) is 9.47 Å². The van der Waals surface area contributed by atoms with Gasteiger partial charge in [-0.15, -0.1) is 0 Å². The average Bonchev–Trinajstić information content (AvgIpc) is 3.24. The first-order valence-electron chi connectivity index (χ1n) is 10.6. The first kappa shape index (κ1) is 22.6. The van der Waals surface area contributed by atoms with E-state index in [9.17, 15) is 9.59 Å². The van der Waals surface area contributed by atoms with Crippen molar-refractivity contribution >= 4 is 23.2 Å². The van der Waals surface area contributed by atoms with Gasteiger partial charge < -0.3 is 25.4 Å². The van der Waals surface area contributed by atoms with Crippen molar-refractivity contribution in [2.24, 2.45) is 0 Å². The Morgan fingerprint density at radius 3 is 2.32 bits per heavy atom. The topological polar surface area (TPSA) is 88.7 Å². The zero-order chi connectivity index (χ0) is 22.3. The Morgan fingerprint density at radius 1 is 1.03 bits per heavy atom. The highest BCUT2D eigenvalue weighted by atomic mass is 16.5. The number of anilines is 2. The largest absolute Gasteiger partial charge is 0.491 e. The van der Waals surface area contributed by atoms with Gasteiger partial charge in [-0.2, -0.15) is 0 Å². The molecular weight excluding hydrogens is 394 g/mol. The van der Waals surface area contributed by atoms with Crippen molar-refractivity contribution in [3.05, 3.63) is 54.1 Å². The summed E-state index contributed by atoms with van der Waals surface area (Å²) in [5, 5.41) is 8.83. The zero-order valence-corrected chi connectivity index (χ0v) is 18.4. The van der Waals surface area contributed by atoms with Crippen LogP contribution in [0.25, 0.3) is 0 Å². The van der Waals surface area contributed by atoms with Gasteiger partial charge in [0.05, 0.1) is 12.6 Å². The first-order valence-corrected chi connectivity index (χ1v) is 10.6. The molecule has 7 nitrogen and oxygen atoms in total. The Bertz CT molecular complexity index is 867. The molecule has 1 atom stereocenters. The highest BCUT2D eigenvalue weighted by Crippen LogP contribution is 2.18. The van der Waals surface area contributed by atoms with E-state index in [2.05, 4.69) is 16.0 Å². The van der Waals surface area contributed by atoms with Crippen molar-refractivity contribution in [1.29, 1.82) is 0 Å². The molecule has 0 saturated carbocycles. The fraction of sp³-hybridized carbons (Fsp3) is 0.417. The third-order valence-corrected chi connectivity index (χ3v) is 4.69. The summed E-state index contributed by atoms with van der Waals surface area (Å²) in [6.07, 6.45) is 2.30. The molecule has 0 aliphatic carbocycles. The van der Waals surface area contributed by atoms with E-state index in [0.29, 0.717) is 17.9 Å². The molecule has 31 heavy (non-hydrogen) atoms. The molecular formula is C24H31N3O4. The molecule has 1 heterocycles. The summed E-state index contributed by atoms with van der Waals surface area (Å²) in [5.41, 5.74) is 1.75. The number of carbonyl (C=O) groups is 2. The van der Waals surface area contributed by atoms with Crippen LogP contribution in [-0.4, -0.2) is 43.2 Å². The van der Waals surface area contributed by atoms with Crippen LogP contribution in [0.15, 0.2) is 48.5 Å². The quantitative estimate of drug-likeness (QED) is 0.598. The average molecular weight is 426 g/mol. The van der Waals surface area contributed by atoms with Gasteiger partial charge in [0.15, 0.2) is 0 Å². The molecule has 0 spiro atoms. The standard InChI is InChI=1S/C24H31N3O4/c1-24(2,3)27-23(29)17-6-8-18(9-7-17)25-15-22(28)26-19-10-12-20(13-11-19)31-16-21-5-4-14-30-21/h6-13,21,25H,4-5,14-16H2,1-3H3,(H,26,28)(H,27,29). The molecule has 3 rings (SSSR count). The van der Waals surface area contributed by atoms with E-state index in [1.54, 1.807) is 24.3 Å². The molecule has 1 unspecified atom stereocenters. The lowest BCUT2D eigenvalue weighted by molar-refractivity contribution is -0.114. The molecule has 2 aromatic rings. The number of carbonyl (C=O) groups excluding carboxylic acids is 2. The van der Waals surface area contributed by atoms with Gasteiger partial charge in [-0.1, -0.05) is 0 Å². The highest BCUT2D eigenvalue weighted by Gasteiger charge is 2.16. The second kappa shape index (κ2) is 10.3. The Morgan fingerprint density at radius 2 is 1.71 bits per heavy atom. The summed E-state index contributed by atoms with van der Waals surface area (Å²) in [6.45, 7) is 7.28. The number of benzene rings is 2. The molecule has 1 saturated heterocycles. The fourth-order valence-electron chi connectivity index (χ4n) is 3.14. The molecule has 1 aliphatic heterocycles. The first-order chi connectivity index (χ1) is 14.8. The molecule has 0 bridgehead atoms. The Kier molecular flexibility index (Phi) is 7.52. The third-order valence-electron chi connectivity index (χ3n) is 4.69. The maximum absolute atomic E-state index is 12.2. The van der Waals surface area contributed by atoms with Crippen LogP contribution in [0.5, 0.6) is 5.75 Å². The van der Waals surface area contributed by atoms with Gasteiger partial charge in [-0.3, -0.25) is 9.59 Å². The van der Waals surface area contributed by atoms with Crippen LogP contribution in [0, 0.1) is 0 Å². The molecule has 7 heteroatoms. The maximum atomic E-state index is 12.2. The minimum absolute atomic E-state index is 0.116. The van der Waals surface area contributed by atoms with E-state index in [-0.39, 0.29) is 30.0 Å². The Balaban J connectivity index is 1.41. The van der Waals surface area contributed by atoms with E-state index >= 15 is 0 Å². The lowest BCUT2D eigenvalue weighted by Gasteiger charge is -2.20. The predicted molar refractivity (Wildman–Crippen MR) is 122 cm³/mol.